The second-order valence-electron chi connectivity index (χ2n) is 16.7. The first-order valence-corrected chi connectivity index (χ1v) is 19.9. The van der Waals surface area contributed by atoms with E-state index in [4.69, 9.17) is 19.4 Å². The van der Waals surface area contributed by atoms with Crippen LogP contribution in [0.5, 0.6) is 0 Å². The number of amides is 4. The lowest BCUT2D eigenvalue weighted by Gasteiger charge is -2.36. The van der Waals surface area contributed by atoms with Crippen LogP contribution in [0.2, 0.25) is 0 Å². The summed E-state index contributed by atoms with van der Waals surface area (Å²) in [6.07, 6.45) is 11.0. The van der Waals surface area contributed by atoms with Crippen LogP contribution < -0.4 is 10.6 Å². The number of hydrogen-bond acceptors (Lipinski definition) is 8. The predicted molar refractivity (Wildman–Crippen MR) is 203 cm³/mol. The Balaban J connectivity index is 0.823. The molecule has 4 aromatic rings. The van der Waals surface area contributed by atoms with Crippen LogP contribution in [0.4, 0.5) is 9.59 Å². The summed E-state index contributed by atoms with van der Waals surface area (Å²) in [5.74, 6) is 2.20. The summed E-state index contributed by atoms with van der Waals surface area (Å²) in [7, 11) is 2.64. The first-order valence-electron chi connectivity index (χ1n) is 19.9. The fourth-order valence-corrected chi connectivity index (χ4v) is 10.2. The van der Waals surface area contributed by atoms with Gasteiger partial charge < -0.3 is 39.9 Å². The molecular weight excluding hydrogens is 713 g/mol. The lowest BCUT2D eigenvalue weighted by molar-refractivity contribution is -0.140. The minimum Gasteiger partial charge on any atom is -0.453 e. The molecule has 4 N–H and O–H groups in total. The molecular formula is C42H46N8O6. The number of nitrogens with one attached hydrogen (secondary N) is 4. The molecule has 0 radical (unpaired) electrons. The minimum atomic E-state index is -0.870. The highest BCUT2D eigenvalue weighted by molar-refractivity contribution is 5.94. The van der Waals surface area contributed by atoms with Crippen molar-refractivity contribution in [2.75, 3.05) is 14.2 Å². The molecule has 0 spiro atoms. The van der Waals surface area contributed by atoms with Crippen molar-refractivity contribution in [3.8, 4) is 33.6 Å². The molecule has 14 heteroatoms. The van der Waals surface area contributed by atoms with Crippen molar-refractivity contribution in [1.29, 1.82) is 0 Å². The van der Waals surface area contributed by atoms with Gasteiger partial charge in [0.1, 0.15) is 22.7 Å². The number of hydrogen-bond donors (Lipinski definition) is 4. The van der Waals surface area contributed by atoms with Crippen molar-refractivity contribution in [2.24, 2.45) is 11.8 Å². The van der Waals surface area contributed by atoms with Gasteiger partial charge in [0.05, 0.1) is 50.1 Å². The average molecular weight is 759 g/mol. The zero-order valence-corrected chi connectivity index (χ0v) is 31.5. The summed E-state index contributed by atoms with van der Waals surface area (Å²) in [6, 6.07) is 16.8. The van der Waals surface area contributed by atoms with Crippen LogP contribution in [-0.2, 0) is 19.1 Å². The number of methoxy groups -OCH3 is 2. The van der Waals surface area contributed by atoms with Crippen LogP contribution in [0.3, 0.4) is 0 Å². The molecule has 6 fully saturated rings. The maximum Gasteiger partial charge on any atom is 0.407 e. The number of H-pyrrole nitrogens is 2. The molecule has 4 bridgehead atoms. The monoisotopic (exact) mass is 758 g/mol. The largest absolute Gasteiger partial charge is 0.453 e. The molecule has 4 aliphatic carbocycles. The molecule has 56 heavy (non-hydrogen) atoms. The second-order valence-corrected chi connectivity index (χ2v) is 16.7. The van der Waals surface area contributed by atoms with Crippen LogP contribution in [0.1, 0.15) is 87.9 Å². The number of carbonyl (C=O) groups is 4. The molecule has 0 unspecified atom stereocenters. The lowest BCUT2D eigenvalue weighted by atomic mass is 9.97. The Labute approximate surface area is 324 Å². The molecule has 6 atom stereocenters. The van der Waals surface area contributed by atoms with Gasteiger partial charge in [0.25, 0.3) is 0 Å². The van der Waals surface area contributed by atoms with Crippen LogP contribution in [0, 0.1) is 11.8 Å². The Kier molecular flexibility index (Phi) is 8.05. The summed E-state index contributed by atoms with van der Waals surface area (Å²) in [5.41, 5.74) is 4.21. The number of alkyl carbamates (subject to hydrolysis) is 2. The number of aromatic nitrogens is 4. The van der Waals surface area contributed by atoms with Crippen LogP contribution in [0.15, 0.2) is 60.9 Å². The third-order valence-electron chi connectivity index (χ3n) is 13.5. The molecule has 290 valence electrons. The lowest BCUT2D eigenvalue weighted by Crippen LogP contribution is -2.53. The number of carbonyl (C=O) groups excluding carboxylic acids is 4. The maximum atomic E-state index is 13.9. The maximum absolute atomic E-state index is 13.9. The number of likely N-dealkylation sites (tertiary alicyclic amines) is 2. The number of aromatic amines is 2. The van der Waals surface area contributed by atoms with Crippen molar-refractivity contribution in [3.05, 3.63) is 72.6 Å². The number of imidazole rings is 2. The molecule has 4 saturated carbocycles. The summed E-state index contributed by atoms with van der Waals surface area (Å²) in [6.45, 7) is 0. The molecule has 4 heterocycles. The van der Waals surface area contributed by atoms with Crippen LogP contribution in [0.25, 0.3) is 33.6 Å². The Bertz CT molecular complexity index is 2050. The first-order chi connectivity index (χ1) is 27.2. The summed E-state index contributed by atoms with van der Waals surface area (Å²) in [4.78, 5) is 72.5. The molecule has 2 aromatic carbocycles. The third kappa shape index (κ3) is 5.66. The molecule has 2 aromatic heterocycles. The highest BCUT2D eigenvalue weighted by Gasteiger charge is 2.61. The first kappa shape index (κ1) is 34.8. The summed E-state index contributed by atoms with van der Waals surface area (Å²) < 4.78 is 9.63. The van der Waals surface area contributed by atoms with Gasteiger partial charge in [-0.25, -0.2) is 19.6 Å². The zero-order valence-electron chi connectivity index (χ0n) is 31.5. The Morgan fingerprint density at radius 3 is 1.34 bits per heavy atom. The number of fused-ring (bicyclic) bond motifs is 4. The Hall–Kier alpha value is -5.66. The molecule has 10 rings (SSSR count). The second kappa shape index (κ2) is 13.0. The van der Waals surface area contributed by atoms with Gasteiger partial charge in [0, 0.05) is 12.1 Å². The number of benzene rings is 2. The Morgan fingerprint density at radius 2 is 0.982 bits per heavy atom. The predicted octanol–water partition coefficient (Wildman–Crippen LogP) is 6.02. The normalized spacial score (nSPS) is 27.2. The van der Waals surface area contributed by atoms with Gasteiger partial charge in [0.15, 0.2) is 0 Å². The van der Waals surface area contributed by atoms with E-state index in [1.165, 1.54) is 14.2 Å². The smallest absolute Gasteiger partial charge is 0.407 e. The van der Waals surface area contributed by atoms with E-state index in [1.54, 1.807) is 0 Å². The van der Waals surface area contributed by atoms with E-state index >= 15 is 0 Å². The third-order valence-corrected chi connectivity index (χ3v) is 13.5. The van der Waals surface area contributed by atoms with Crippen molar-refractivity contribution >= 4 is 24.0 Å². The number of rotatable bonds is 9. The van der Waals surface area contributed by atoms with E-state index in [2.05, 4.69) is 69.1 Å². The average Bonchev–Trinajstić information content (AvgIpc) is 3.69. The fourth-order valence-electron chi connectivity index (χ4n) is 10.2. The van der Waals surface area contributed by atoms with E-state index in [-0.39, 0.29) is 36.0 Å². The van der Waals surface area contributed by atoms with Gasteiger partial charge in [-0.2, -0.15) is 0 Å². The summed E-state index contributed by atoms with van der Waals surface area (Å²) in [5, 5.41) is 5.61. The van der Waals surface area contributed by atoms with Crippen LogP contribution >= 0.6 is 0 Å². The SMILES string of the molecule is COC(=O)NC1(C(=O)N2[C@@H]3CC[C@@H](C3)[C@H]2c2ncc(-c3ccc(-c4ccc(-c5cnc([C@@H]6[C@H]7CC[C@H](C7)N6C(=O)C6(NC(=O)OC)CC6)[nH]5)cc4)cc3)[nH]2)CC1. The van der Waals surface area contributed by atoms with E-state index in [1.807, 2.05) is 22.2 Å². The number of nitrogens with zero attached hydrogens (tertiary/aromatic N) is 4. The van der Waals surface area contributed by atoms with Crippen molar-refractivity contribution in [2.45, 2.75) is 99.5 Å². The van der Waals surface area contributed by atoms with Gasteiger partial charge in [-0.1, -0.05) is 48.5 Å². The topological polar surface area (TPSA) is 175 Å². The van der Waals surface area contributed by atoms with Gasteiger partial charge >= 0.3 is 12.2 Å². The van der Waals surface area contributed by atoms with E-state index in [9.17, 15) is 19.2 Å². The quantitative estimate of drug-likeness (QED) is 0.160. The molecule has 6 aliphatic rings. The van der Waals surface area contributed by atoms with E-state index < -0.39 is 23.3 Å². The van der Waals surface area contributed by atoms with E-state index in [0.29, 0.717) is 37.5 Å². The highest BCUT2D eigenvalue weighted by Crippen LogP contribution is 2.54. The standard InChI is InChI=1S/C42H46N8O6/c1-55-39(53)47-41(15-16-41)37(51)49-29-13-11-27(19-29)33(49)35-43-21-31(45-35)25-7-3-23(4-8-25)24-5-9-26(10-6-24)32-22-44-36(46-32)34-28-12-14-30(20-28)50(34)38(52)42(17-18-42)48-40(54)56-2/h3-10,21-22,27-30,33-34H,11-20H2,1-2H3,(H,43,45)(H,44,46)(H,47,53)(H,48,54)/t27-,28-,29+,30+,33-,34-/m0/s1. The molecule has 2 aliphatic heterocycles. The van der Waals surface area contributed by atoms with Gasteiger partial charge in [0.2, 0.25) is 11.8 Å². The van der Waals surface area contributed by atoms with Gasteiger partial charge in [-0.05, 0) is 98.3 Å². The zero-order chi connectivity index (χ0) is 38.3. The highest BCUT2D eigenvalue weighted by atomic mass is 16.5. The fraction of sp³-hybridized carbons (Fsp3) is 0.476. The van der Waals surface area contributed by atoms with Crippen molar-refractivity contribution in [1.82, 2.24) is 40.4 Å². The molecule has 2 saturated heterocycles. The number of piperidine rings is 2. The van der Waals surface area contributed by atoms with Crippen molar-refractivity contribution < 1.29 is 28.7 Å². The van der Waals surface area contributed by atoms with E-state index in [0.717, 1.165) is 83.8 Å². The van der Waals surface area contributed by atoms with Gasteiger partial charge in [-0.15, -0.1) is 0 Å². The summed E-state index contributed by atoms with van der Waals surface area (Å²) >= 11 is 0. The molecule has 14 nitrogen and oxygen atoms in total. The van der Waals surface area contributed by atoms with Crippen molar-refractivity contribution in [3.63, 3.8) is 0 Å². The minimum absolute atomic E-state index is 0.0293. The van der Waals surface area contributed by atoms with Gasteiger partial charge in [-0.3, -0.25) is 9.59 Å². The Morgan fingerprint density at radius 1 is 0.607 bits per heavy atom. The molecule has 4 amide bonds. The number of ether oxygens (including phenoxy) is 2. The van der Waals surface area contributed by atoms with Crippen LogP contribution in [-0.4, -0.2) is 91.1 Å².